The summed E-state index contributed by atoms with van der Waals surface area (Å²) in [6.45, 7) is 5.54. The molecule has 5 rings (SSSR count). The zero-order valence-corrected chi connectivity index (χ0v) is 26.1. The van der Waals surface area contributed by atoms with Crippen molar-refractivity contribution in [3.63, 3.8) is 0 Å². The summed E-state index contributed by atoms with van der Waals surface area (Å²) in [5.41, 5.74) is 4.04. The molecular weight excluding hydrogens is 556 g/mol. The molecule has 9 heteroatoms. The molecule has 0 unspecified atom stereocenters. The lowest BCUT2D eigenvalue weighted by atomic mass is 9.99. The van der Waals surface area contributed by atoms with Crippen molar-refractivity contribution >= 4 is 28.4 Å². The predicted molar refractivity (Wildman–Crippen MR) is 172 cm³/mol. The van der Waals surface area contributed by atoms with Crippen molar-refractivity contribution in [1.82, 2.24) is 14.4 Å². The number of aliphatic hydroxyl groups is 1. The van der Waals surface area contributed by atoms with Crippen LogP contribution in [0.2, 0.25) is 0 Å². The molecule has 44 heavy (non-hydrogen) atoms. The Kier molecular flexibility index (Phi) is 9.56. The number of carbonyl (C=O) groups is 2. The highest BCUT2D eigenvalue weighted by Gasteiger charge is 2.33. The summed E-state index contributed by atoms with van der Waals surface area (Å²) in [6, 6.07) is 20.8. The summed E-state index contributed by atoms with van der Waals surface area (Å²) in [5.74, 6) is 0.874. The number of aryl methyl sites for hydroxylation is 1. The number of likely N-dealkylation sites (N-methyl/N-ethyl adjacent to an activating group) is 1. The number of nitrogens with one attached hydrogen (secondary N) is 1. The van der Waals surface area contributed by atoms with Crippen LogP contribution in [-0.4, -0.2) is 77.3 Å². The molecule has 3 aromatic carbocycles. The zero-order chi connectivity index (χ0) is 31.4. The van der Waals surface area contributed by atoms with E-state index in [0.717, 1.165) is 34.3 Å². The van der Waals surface area contributed by atoms with E-state index in [-0.39, 0.29) is 42.9 Å². The number of benzene rings is 3. The third kappa shape index (κ3) is 6.90. The Bertz CT molecular complexity index is 1620. The Morgan fingerprint density at radius 2 is 1.91 bits per heavy atom. The van der Waals surface area contributed by atoms with Crippen molar-refractivity contribution in [3.05, 3.63) is 89.6 Å². The average Bonchev–Trinajstić information content (AvgIpc) is 3.33. The van der Waals surface area contributed by atoms with Crippen LogP contribution in [-0.2, 0) is 24.8 Å². The van der Waals surface area contributed by atoms with E-state index in [1.807, 2.05) is 80.3 Å². The van der Waals surface area contributed by atoms with Gasteiger partial charge in [-0.2, -0.15) is 0 Å². The Morgan fingerprint density at radius 1 is 1.16 bits per heavy atom. The SMILES string of the molecule is COc1ccc(CN(C)C[C@H]2Oc3ccc(NC(=O)Cc4cn(C)c5ccccc45)cc3C(=O)N([C@@H](C)CO)C[C@@H]2C)cc1. The summed E-state index contributed by atoms with van der Waals surface area (Å²) >= 11 is 0. The minimum absolute atomic E-state index is 0.000470. The molecule has 9 nitrogen and oxygen atoms in total. The predicted octanol–water partition coefficient (Wildman–Crippen LogP) is 4.72. The van der Waals surface area contributed by atoms with Gasteiger partial charge in [-0.1, -0.05) is 37.3 Å². The molecule has 1 aromatic heterocycles. The Labute approximate surface area is 259 Å². The van der Waals surface area contributed by atoms with Crippen LogP contribution in [0, 0.1) is 5.92 Å². The fourth-order valence-corrected chi connectivity index (χ4v) is 5.88. The lowest BCUT2D eigenvalue weighted by Crippen LogP contribution is -2.49. The van der Waals surface area contributed by atoms with Gasteiger partial charge in [-0.05, 0) is 61.5 Å². The third-order valence-electron chi connectivity index (χ3n) is 8.38. The first-order valence-electron chi connectivity index (χ1n) is 15.0. The molecule has 0 saturated carbocycles. The maximum atomic E-state index is 13.8. The van der Waals surface area contributed by atoms with Crippen molar-refractivity contribution in [2.24, 2.45) is 13.0 Å². The highest BCUT2D eigenvalue weighted by Crippen LogP contribution is 2.31. The van der Waals surface area contributed by atoms with Gasteiger partial charge < -0.3 is 29.4 Å². The standard InChI is InChI=1S/C35H42N4O5/c1-23-18-39(24(2)22-40)35(42)30-17-27(36-34(41)16-26-20-38(4)31-9-7-6-8-29(26)31)12-15-32(30)44-33(23)21-37(3)19-25-10-13-28(43-5)14-11-25/h6-15,17,20,23-24,33,40H,16,18-19,21-22H2,1-5H3,(H,36,41)/t23-,24-,33+/m0/s1. The number of ether oxygens (including phenoxy) is 2. The second kappa shape index (κ2) is 13.5. The topological polar surface area (TPSA) is 96.3 Å². The first-order chi connectivity index (χ1) is 21.2. The number of anilines is 1. The molecular formula is C35H42N4O5. The van der Waals surface area contributed by atoms with E-state index in [4.69, 9.17) is 9.47 Å². The number of carbonyl (C=O) groups excluding carboxylic acids is 2. The van der Waals surface area contributed by atoms with E-state index in [1.54, 1.807) is 30.2 Å². The van der Waals surface area contributed by atoms with E-state index in [2.05, 4.69) is 17.1 Å². The maximum absolute atomic E-state index is 13.8. The zero-order valence-electron chi connectivity index (χ0n) is 26.1. The number of hydrogen-bond donors (Lipinski definition) is 2. The lowest BCUT2D eigenvalue weighted by Gasteiger charge is -2.38. The first kappa shape index (κ1) is 31.1. The molecule has 0 aliphatic carbocycles. The fourth-order valence-electron chi connectivity index (χ4n) is 5.88. The number of fused-ring (bicyclic) bond motifs is 2. The van der Waals surface area contributed by atoms with Gasteiger partial charge in [0.15, 0.2) is 0 Å². The fraction of sp³-hybridized carbons (Fsp3) is 0.371. The Balaban J connectivity index is 1.36. The van der Waals surface area contributed by atoms with Crippen LogP contribution >= 0.6 is 0 Å². The highest BCUT2D eigenvalue weighted by molar-refractivity contribution is 6.00. The van der Waals surface area contributed by atoms with Crippen LogP contribution in [0.5, 0.6) is 11.5 Å². The number of amides is 2. The van der Waals surface area contributed by atoms with Crippen LogP contribution in [0.15, 0.2) is 72.9 Å². The molecule has 0 spiro atoms. The van der Waals surface area contributed by atoms with Gasteiger partial charge in [-0.3, -0.25) is 14.5 Å². The van der Waals surface area contributed by atoms with Gasteiger partial charge in [0, 0.05) is 55.4 Å². The largest absolute Gasteiger partial charge is 0.497 e. The number of aliphatic hydroxyl groups excluding tert-OH is 1. The molecule has 0 bridgehead atoms. The second-order valence-electron chi connectivity index (χ2n) is 11.9. The minimum atomic E-state index is -0.377. The maximum Gasteiger partial charge on any atom is 0.258 e. The minimum Gasteiger partial charge on any atom is -0.497 e. The number of nitrogens with zero attached hydrogens (tertiary/aromatic N) is 3. The molecule has 2 amide bonds. The number of hydrogen-bond acceptors (Lipinski definition) is 6. The first-order valence-corrected chi connectivity index (χ1v) is 15.0. The van der Waals surface area contributed by atoms with Crippen molar-refractivity contribution in [2.45, 2.75) is 39.0 Å². The van der Waals surface area contributed by atoms with Gasteiger partial charge in [0.25, 0.3) is 5.91 Å². The summed E-state index contributed by atoms with van der Waals surface area (Å²) in [7, 11) is 5.67. The average molecular weight is 599 g/mol. The third-order valence-corrected chi connectivity index (χ3v) is 8.38. The smallest absolute Gasteiger partial charge is 0.258 e. The van der Waals surface area contributed by atoms with Gasteiger partial charge in [-0.25, -0.2) is 0 Å². The van der Waals surface area contributed by atoms with Crippen LogP contribution in [0.1, 0.15) is 35.3 Å². The van der Waals surface area contributed by atoms with Gasteiger partial charge in [0.2, 0.25) is 5.91 Å². The van der Waals surface area contributed by atoms with Crippen LogP contribution < -0.4 is 14.8 Å². The molecule has 1 aliphatic rings. The molecule has 4 aromatic rings. The molecule has 2 N–H and O–H groups in total. The number of rotatable bonds is 10. The van der Waals surface area contributed by atoms with Gasteiger partial charge >= 0.3 is 0 Å². The quantitative estimate of drug-likeness (QED) is 0.274. The molecule has 3 atom stereocenters. The monoisotopic (exact) mass is 598 g/mol. The van der Waals surface area contributed by atoms with Crippen LogP contribution in [0.4, 0.5) is 5.69 Å². The van der Waals surface area contributed by atoms with E-state index in [9.17, 15) is 14.7 Å². The van der Waals surface area contributed by atoms with Crippen molar-refractivity contribution < 1.29 is 24.2 Å². The molecule has 0 radical (unpaired) electrons. The summed E-state index contributed by atoms with van der Waals surface area (Å²) in [5, 5.41) is 14.0. The van der Waals surface area contributed by atoms with Gasteiger partial charge in [0.1, 0.15) is 17.6 Å². The molecule has 232 valence electrons. The molecule has 0 fully saturated rings. The number of para-hydroxylation sites is 1. The van der Waals surface area contributed by atoms with Gasteiger partial charge in [-0.15, -0.1) is 0 Å². The van der Waals surface area contributed by atoms with E-state index >= 15 is 0 Å². The van der Waals surface area contributed by atoms with E-state index < -0.39 is 0 Å². The second-order valence-corrected chi connectivity index (χ2v) is 11.9. The summed E-state index contributed by atoms with van der Waals surface area (Å²) in [4.78, 5) is 30.9. The van der Waals surface area contributed by atoms with Crippen molar-refractivity contribution in [3.8, 4) is 11.5 Å². The number of methoxy groups -OCH3 is 1. The summed E-state index contributed by atoms with van der Waals surface area (Å²) in [6.07, 6.45) is 1.96. The number of aromatic nitrogens is 1. The molecule has 0 saturated heterocycles. The van der Waals surface area contributed by atoms with Crippen molar-refractivity contribution in [2.75, 3.05) is 39.2 Å². The summed E-state index contributed by atoms with van der Waals surface area (Å²) < 4.78 is 13.8. The van der Waals surface area contributed by atoms with Crippen LogP contribution in [0.3, 0.4) is 0 Å². The normalized spacial score (nSPS) is 17.5. The Morgan fingerprint density at radius 3 is 2.64 bits per heavy atom. The molecule has 2 heterocycles. The molecule has 1 aliphatic heterocycles. The lowest BCUT2D eigenvalue weighted by molar-refractivity contribution is -0.115. The van der Waals surface area contributed by atoms with Gasteiger partial charge in [0.05, 0.1) is 31.7 Å². The highest BCUT2D eigenvalue weighted by atomic mass is 16.5. The van der Waals surface area contributed by atoms with E-state index in [0.29, 0.717) is 30.1 Å². The Hall–Kier alpha value is -4.34. The van der Waals surface area contributed by atoms with E-state index in [1.165, 1.54) is 0 Å². The van der Waals surface area contributed by atoms with Crippen molar-refractivity contribution in [1.29, 1.82) is 0 Å². The van der Waals surface area contributed by atoms with Crippen LogP contribution in [0.25, 0.3) is 10.9 Å².